The van der Waals surface area contributed by atoms with E-state index in [2.05, 4.69) is 17.6 Å². The minimum absolute atomic E-state index is 0.0239. The Balaban J connectivity index is 2.51. The first-order valence-electron chi connectivity index (χ1n) is 7.34. The second kappa shape index (κ2) is 9.23. The zero-order valence-corrected chi connectivity index (χ0v) is 13.4. The molecule has 1 aromatic carbocycles. The molecular formula is C16H26N2O3. The highest BCUT2D eigenvalue weighted by atomic mass is 16.5. The predicted molar refractivity (Wildman–Crippen MR) is 83.9 cm³/mol. The zero-order valence-electron chi connectivity index (χ0n) is 13.4. The van der Waals surface area contributed by atoms with Crippen LogP contribution in [-0.2, 0) is 4.79 Å². The van der Waals surface area contributed by atoms with E-state index in [1.165, 1.54) is 0 Å². The molecule has 118 valence electrons. The maximum atomic E-state index is 11.7. The van der Waals surface area contributed by atoms with Crippen molar-refractivity contribution in [2.75, 3.05) is 27.3 Å². The molecule has 1 unspecified atom stereocenters. The Hall–Kier alpha value is -1.75. The number of carbonyl (C=O) groups is 1. The van der Waals surface area contributed by atoms with Crippen LogP contribution in [0.15, 0.2) is 18.2 Å². The SMILES string of the molecule is CCCCNC(=O)CNC(C)c1ccc(OC)c(OC)c1. The van der Waals surface area contributed by atoms with Crippen LogP contribution < -0.4 is 20.1 Å². The fourth-order valence-corrected chi connectivity index (χ4v) is 1.95. The number of nitrogens with one attached hydrogen (secondary N) is 2. The van der Waals surface area contributed by atoms with Crippen LogP contribution >= 0.6 is 0 Å². The van der Waals surface area contributed by atoms with Gasteiger partial charge in [0.1, 0.15) is 0 Å². The summed E-state index contributed by atoms with van der Waals surface area (Å²) >= 11 is 0. The molecule has 5 nitrogen and oxygen atoms in total. The Kier molecular flexibility index (Phi) is 7.61. The third-order valence-electron chi connectivity index (χ3n) is 3.33. The van der Waals surface area contributed by atoms with Crippen LogP contribution in [-0.4, -0.2) is 33.2 Å². The molecule has 0 heterocycles. The third-order valence-corrected chi connectivity index (χ3v) is 3.33. The lowest BCUT2D eigenvalue weighted by Crippen LogP contribution is -2.35. The Labute approximate surface area is 127 Å². The van der Waals surface area contributed by atoms with E-state index < -0.39 is 0 Å². The van der Waals surface area contributed by atoms with E-state index in [0.29, 0.717) is 18.0 Å². The molecule has 1 atom stereocenters. The minimum Gasteiger partial charge on any atom is -0.493 e. The number of unbranched alkanes of at least 4 members (excludes halogenated alkanes) is 1. The summed E-state index contributed by atoms with van der Waals surface area (Å²) in [6, 6.07) is 5.81. The van der Waals surface area contributed by atoms with Crippen LogP contribution in [0.2, 0.25) is 0 Å². The molecule has 2 N–H and O–H groups in total. The number of rotatable bonds is 9. The van der Waals surface area contributed by atoms with Gasteiger partial charge in [-0.15, -0.1) is 0 Å². The lowest BCUT2D eigenvalue weighted by Gasteiger charge is -2.16. The standard InChI is InChI=1S/C16H26N2O3/c1-5-6-9-17-16(19)11-18-12(2)13-7-8-14(20-3)15(10-13)21-4/h7-8,10,12,18H,5-6,9,11H2,1-4H3,(H,17,19). The molecule has 1 amide bonds. The fraction of sp³-hybridized carbons (Fsp3) is 0.562. The Morgan fingerprint density at radius 2 is 1.95 bits per heavy atom. The van der Waals surface area contributed by atoms with Crippen LogP contribution in [0.4, 0.5) is 0 Å². The lowest BCUT2D eigenvalue weighted by molar-refractivity contribution is -0.120. The van der Waals surface area contributed by atoms with Gasteiger partial charge in [-0.25, -0.2) is 0 Å². The number of hydrogen-bond donors (Lipinski definition) is 2. The maximum Gasteiger partial charge on any atom is 0.233 e. The second-order valence-electron chi connectivity index (χ2n) is 4.92. The highest BCUT2D eigenvalue weighted by Crippen LogP contribution is 2.29. The van der Waals surface area contributed by atoms with Crippen LogP contribution in [0.3, 0.4) is 0 Å². The summed E-state index contributed by atoms with van der Waals surface area (Å²) in [4.78, 5) is 11.7. The summed E-state index contributed by atoms with van der Waals surface area (Å²) in [5.74, 6) is 1.41. The van der Waals surface area contributed by atoms with Gasteiger partial charge in [-0.3, -0.25) is 4.79 Å². The Morgan fingerprint density at radius 3 is 2.57 bits per heavy atom. The average Bonchev–Trinajstić information content (AvgIpc) is 2.52. The number of methoxy groups -OCH3 is 2. The monoisotopic (exact) mass is 294 g/mol. The maximum absolute atomic E-state index is 11.7. The van der Waals surface area contributed by atoms with Crippen LogP contribution in [0.1, 0.15) is 38.3 Å². The largest absolute Gasteiger partial charge is 0.493 e. The molecule has 0 aromatic heterocycles. The molecule has 0 fully saturated rings. The molecule has 5 heteroatoms. The first kappa shape index (κ1) is 17.3. The van der Waals surface area contributed by atoms with Crippen molar-refractivity contribution >= 4 is 5.91 Å². The fourth-order valence-electron chi connectivity index (χ4n) is 1.95. The predicted octanol–water partition coefficient (Wildman–Crippen LogP) is 2.27. The van der Waals surface area contributed by atoms with Gasteiger partial charge >= 0.3 is 0 Å². The van der Waals surface area contributed by atoms with E-state index in [1.54, 1.807) is 14.2 Å². The molecule has 1 rings (SSSR count). The number of amides is 1. The van der Waals surface area contributed by atoms with E-state index >= 15 is 0 Å². The molecule has 0 saturated carbocycles. The van der Waals surface area contributed by atoms with Gasteiger partial charge in [-0.1, -0.05) is 19.4 Å². The number of ether oxygens (including phenoxy) is 2. The van der Waals surface area contributed by atoms with Crippen molar-refractivity contribution in [3.63, 3.8) is 0 Å². The van der Waals surface area contributed by atoms with Crippen molar-refractivity contribution in [2.24, 2.45) is 0 Å². The quantitative estimate of drug-likeness (QED) is 0.686. The van der Waals surface area contributed by atoms with E-state index in [9.17, 15) is 4.79 Å². The molecule has 0 aliphatic carbocycles. The van der Waals surface area contributed by atoms with Gasteiger partial charge in [0, 0.05) is 12.6 Å². The topological polar surface area (TPSA) is 59.6 Å². The van der Waals surface area contributed by atoms with Gasteiger partial charge in [0.15, 0.2) is 11.5 Å². The number of hydrogen-bond acceptors (Lipinski definition) is 4. The molecule has 0 aliphatic heterocycles. The summed E-state index contributed by atoms with van der Waals surface area (Å²) in [5, 5.41) is 6.09. The van der Waals surface area contributed by atoms with Gasteiger partial charge in [0.2, 0.25) is 5.91 Å². The normalized spacial score (nSPS) is 11.8. The van der Waals surface area contributed by atoms with E-state index in [1.807, 2.05) is 25.1 Å². The summed E-state index contributed by atoms with van der Waals surface area (Å²) in [7, 11) is 3.22. The van der Waals surface area contributed by atoms with Crippen molar-refractivity contribution in [1.29, 1.82) is 0 Å². The Bertz CT molecular complexity index is 449. The Morgan fingerprint density at radius 1 is 1.24 bits per heavy atom. The molecule has 0 radical (unpaired) electrons. The van der Waals surface area contributed by atoms with Crippen molar-refractivity contribution in [3.05, 3.63) is 23.8 Å². The molecule has 1 aromatic rings. The van der Waals surface area contributed by atoms with Crippen LogP contribution in [0.25, 0.3) is 0 Å². The zero-order chi connectivity index (χ0) is 15.7. The van der Waals surface area contributed by atoms with Crippen molar-refractivity contribution in [1.82, 2.24) is 10.6 Å². The van der Waals surface area contributed by atoms with E-state index in [-0.39, 0.29) is 11.9 Å². The lowest BCUT2D eigenvalue weighted by atomic mass is 10.1. The second-order valence-corrected chi connectivity index (χ2v) is 4.92. The molecular weight excluding hydrogens is 268 g/mol. The van der Waals surface area contributed by atoms with Crippen LogP contribution in [0, 0.1) is 0 Å². The first-order valence-corrected chi connectivity index (χ1v) is 7.34. The molecule has 0 aliphatic rings. The molecule has 0 saturated heterocycles. The molecule has 0 bridgehead atoms. The number of carbonyl (C=O) groups excluding carboxylic acids is 1. The third kappa shape index (κ3) is 5.63. The van der Waals surface area contributed by atoms with Crippen LogP contribution in [0.5, 0.6) is 11.5 Å². The summed E-state index contributed by atoms with van der Waals surface area (Å²) in [6.07, 6.45) is 2.09. The molecule has 0 spiro atoms. The summed E-state index contributed by atoms with van der Waals surface area (Å²) in [5.41, 5.74) is 1.05. The van der Waals surface area contributed by atoms with Crippen molar-refractivity contribution in [3.8, 4) is 11.5 Å². The average molecular weight is 294 g/mol. The highest BCUT2D eigenvalue weighted by molar-refractivity contribution is 5.78. The van der Waals surface area contributed by atoms with Gasteiger partial charge in [-0.2, -0.15) is 0 Å². The van der Waals surface area contributed by atoms with E-state index in [4.69, 9.17) is 9.47 Å². The van der Waals surface area contributed by atoms with Gasteiger partial charge in [-0.05, 0) is 31.0 Å². The summed E-state index contributed by atoms with van der Waals surface area (Å²) < 4.78 is 10.5. The smallest absolute Gasteiger partial charge is 0.233 e. The van der Waals surface area contributed by atoms with E-state index in [0.717, 1.165) is 24.9 Å². The van der Waals surface area contributed by atoms with Gasteiger partial charge in [0.05, 0.1) is 20.8 Å². The highest BCUT2D eigenvalue weighted by Gasteiger charge is 2.11. The molecule has 21 heavy (non-hydrogen) atoms. The van der Waals surface area contributed by atoms with Gasteiger partial charge in [0.25, 0.3) is 0 Å². The van der Waals surface area contributed by atoms with Crippen molar-refractivity contribution < 1.29 is 14.3 Å². The van der Waals surface area contributed by atoms with Crippen molar-refractivity contribution in [2.45, 2.75) is 32.7 Å². The summed E-state index contributed by atoms with van der Waals surface area (Å²) in [6.45, 7) is 5.16. The first-order chi connectivity index (χ1) is 10.1. The van der Waals surface area contributed by atoms with Gasteiger partial charge < -0.3 is 20.1 Å². The minimum atomic E-state index is 0.0239. The number of benzene rings is 1.